The SMILES string of the molecule is CCCOc1ccc(C(=O)NCC(=O)N/N=C/c2ccc(OC(=O)c3ccccc3)cc2OC(=O)c2ccccc2)cc1. The summed E-state index contributed by atoms with van der Waals surface area (Å²) in [7, 11) is 0. The molecule has 0 aliphatic carbocycles. The summed E-state index contributed by atoms with van der Waals surface area (Å²) in [5, 5.41) is 6.44. The standard InChI is InChI=1S/C33H29N3O7/c1-2-19-41-27-16-13-23(14-17-27)31(38)34-22-30(37)36-35-21-26-15-18-28(42-32(39)24-9-5-3-6-10-24)20-29(26)43-33(40)25-11-7-4-8-12-25/h3-18,20-21H,2,19,22H2,1H3,(H,34,38)(H,36,37)/b35-21+. The van der Waals surface area contributed by atoms with Crippen LogP contribution in [-0.2, 0) is 4.79 Å². The minimum atomic E-state index is -0.640. The molecule has 10 heteroatoms. The molecule has 4 aromatic carbocycles. The maximum absolute atomic E-state index is 12.7. The van der Waals surface area contributed by atoms with Crippen LogP contribution in [0.25, 0.3) is 0 Å². The van der Waals surface area contributed by atoms with E-state index >= 15 is 0 Å². The van der Waals surface area contributed by atoms with E-state index in [0.29, 0.717) is 34.6 Å². The molecule has 43 heavy (non-hydrogen) atoms. The van der Waals surface area contributed by atoms with Crippen LogP contribution in [0.5, 0.6) is 17.2 Å². The molecule has 0 aliphatic heterocycles. The van der Waals surface area contributed by atoms with Gasteiger partial charge in [-0.1, -0.05) is 43.3 Å². The number of nitrogens with zero attached hydrogens (tertiary/aromatic N) is 1. The highest BCUT2D eigenvalue weighted by molar-refractivity contribution is 5.97. The van der Waals surface area contributed by atoms with Crippen molar-refractivity contribution >= 4 is 30.0 Å². The van der Waals surface area contributed by atoms with Crippen LogP contribution in [0.15, 0.2) is 108 Å². The van der Waals surface area contributed by atoms with Crippen LogP contribution in [0.4, 0.5) is 0 Å². The molecular formula is C33H29N3O7. The Morgan fingerprint density at radius 3 is 1.95 bits per heavy atom. The van der Waals surface area contributed by atoms with Crippen LogP contribution in [0.1, 0.15) is 50.0 Å². The smallest absolute Gasteiger partial charge is 0.343 e. The number of hydrazone groups is 1. The molecule has 2 amide bonds. The van der Waals surface area contributed by atoms with E-state index in [1.54, 1.807) is 84.9 Å². The summed E-state index contributed by atoms with van der Waals surface area (Å²) in [4.78, 5) is 49.9. The van der Waals surface area contributed by atoms with Gasteiger partial charge in [0.15, 0.2) is 0 Å². The lowest BCUT2D eigenvalue weighted by molar-refractivity contribution is -0.120. The molecule has 0 fully saturated rings. The number of nitrogens with one attached hydrogen (secondary N) is 2. The number of ether oxygens (including phenoxy) is 3. The van der Waals surface area contributed by atoms with Gasteiger partial charge in [-0.25, -0.2) is 15.0 Å². The maximum Gasteiger partial charge on any atom is 0.343 e. The zero-order chi connectivity index (χ0) is 30.4. The summed E-state index contributed by atoms with van der Waals surface area (Å²) >= 11 is 0. The van der Waals surface area contributed by atoms with Crippen molar-refractivity contribution in [3.05, 3.63) is 125 Å². The summed E-state index contributed by atoms with van der Waals surface area (Å²) in [5.41, 5.74) is 3.67. The molecule has 0 radical (unpaired) electrons. The first-order valence-electron chi connectivity index (χ1n) is 13.4. The van der Waals surface area contributed by atoms with E-state index in [1.807, 2.05) is 6.92 Å². The first-order chi connectivity index (χ1) is 20.9. The molecule has 0 heterocycles. The fourth-order valence-electron chi connectivity index (χ4n) is 3.64. The number of rotatable bonds is 12. The second-order valence-electron chi connectivity index (χ2n) is 9.06. The van der Waals surface area contributed by atoms with Crippen molar-refractivity contribution in [1.29, 1.82) is 0 Å². The van der Waals surface area contributed by atoms with Gasteiger partial charge in [0.25, 0.3) is 11.8 Å². The highest BCUT2D eigenvalue weighted by Gasteiger charge is 2.15. The Kier molecular flexibility index (Phi) is 10.7. The second kappa shape index (κ2) is 15.3. The molecule has 218 valence electrons. The Labute approximate surface area is 248 Å². The van der Waals surface area contributed by atoms with E-state index in [0.717, 1.165) is 6.42 Å². The van der Waals surface area contributed by atoms with Gasteiger partial charge in [0.05, 0.1) is 30.5 Å². The van der Waals surface area contributed by atoms with Gasteiger partial charge in [0.2, 0.25) is 0 Å². The van der Waals surface area contributed by atoms with E-state index < -0.39 is 23.8 Å². The van der Waals surface area contributed by atoms with E-state index in [4.69, 9.17) is 14.2 Å². The van der Waals surface area contributed by atoms with E-state index in [1.165, 1.54) is 24.4 Å². The Balaban J connectivity index is 1.39. The summed E-state index contributed by atoms with van der Waals surface area (Å²) in [6.07, 6.45) is 2.14. The summed E-state index contributed by atoms with van der Waals surface area (Å²) in [6.45, 7) is 2.25. The van der Waals surface area contributed by atoms with Crippen LogP contribution >= 0.6 is 0 Å². The van der Waals surface area contributed by atoms with E-state index in [9.17, 15) is 19.2 Å². The monoisotopic (exact) mass is 579 g/mol. The Hall–Kier alpha value is -5.77. The number of hydrogen-bond donors (Lipinski definition) is 2. The molecule has 0 bridgehead atoms. The minimum absolute atomic E-state index is 0.0462. The molecule has 4 aromatic rings. The third-order valence-corrected chi connectivity index (χ3v) is 5.81. The summed E-state index contributed by atoms with van der Waals surface area (Å²) < 4.78 is 16.5. The van der Waals surface area contributed by atoms with Gasteiger partial charge >= 0.3 is 11.9 Å². The number of esters is 2. The molecule has 10 nitrogen and oxygen atoms in total. The molecular weight excluding hydrogens is 550 g/mol. The van der Waals surface area contributed by atoms with Crippen molar-refractivity contribution in [3.63, 3.8) is 0 Å². The van der Waals surface area contributed by atoms with Crippen LogP contribution in [0.3, 0.4) is 0 Å². The number of hydrogen-bond acceptors (Lipinski definition) is 8. The zero-order valence-corrected chi connectivity index (χ0v) is 23.3. The van der Waals surface area contributed by atoms with Crippen LogP contribution < -0.4 is 25.0 Å². The van der Waals surface area contributed by atoms with Crippen molar-refractivity contribution in [2.24, 2.45) is 5.10 Å². The predicted octanol–water partition coefficient (Wildman–Crippen LogP) is 4.79. The first-order valence-corrected chi connectivity index (χ1v) is 13.4. The fourth-order valence-corrected chi connectivity index (χ4v) is 3.64. The number of amides is 2. The lowest BCUT2D eigenvalue weighted by Gasteiger charge is -2.11. The highest BCUT2D eigenvalue weighted by atomic mass is 16.5. The van der Waals surface area contributed by atoms with Gasteiger partial charge in [-0.05, 0) is 67.1 Å². The molecule has 0 unspecified atom stereocenters. The Morgan fingerprint density at radius 1 is 0.721 bits per heavy atom. The van der Waals surface area contributed by atoms with Crippen LogP contribution in [-0.4, -0.2) is 43.1 Å². The lowest BCUT2D eigenvalue weighted by Crippen LogP contribution is -2.34. The van der Waals surface area contributed by atoms with Gasteiger partial charge in [-0.3, -0.25) is 9.59 Å². The third kappa shape index (κ3) is 9.12. The summed E-state index contributed by atoms with van der Waals surface area (Å²) in [5.74, 6) is -1.40. The van der Waals surface area contributed by atoms with Gasteiger partial charge in [0.1, 0.15) is 17.2 Å². The average molecular weight is 580 g/mol. The molecule has 0 atom stereocenters. The van der Waals surface area contributed by atoms with E-state index in [-0.39, 0.29) is 18.0 Å². The number of benzene rings is 4. The van der Waals surface area contributed by atoms with Gasteiger partial charge in [-0.15, -0.1) is 0 Å². The Morgan fingerprint density at radius 2 is 1.33 bits per heavy atom. The van der Waals surface area contributed by atoms with Gasteiger partial charge in [-0.2, -0.15) is 5.10 Å². The van der Waals surface area contributed by atoms with E-state index in [2.05, 4.69) is 15.8 Å². The number of carbonyl (C=O) groups excluding carboxylic acids is 4. The zero-order valence-electron chi connectivity index (χ0n) is 23.3. The first kappa shape index (κ1) is 30.2. The predicted molar refractivity (Wildman–Crippen MR) is 160 cm³/mol. The van der Waals surface area contributed by atoms with Crippen molar-refractivity contribution in [2.45, 2.75) is 13.3 Å². The van der Waals surface area contributed by atoms with Crippen LogP contribution in [0, 0.1) is 0 Å². The quantitative estimate of drug-likeness (QED) is 0.107. The molecule has 0 aromatic heterocycles. The minimum Gasteiger partial charge on any atom is -0.494 e. The molecule has 0 aliphatic rings. The summed E-state index contributed by atoms with van der Waals surface area (Å²) in [6, 6.07) is 27.8. The second-order valence-corrected chi connectivity index (χ2v) is 9.06. The van der Waals surface area contributed by atoms with Crippen molar-refractivity contribution in [1.82, 2.24) is 10.7 Å². The molecule has 0 saturated heterocycles. The lowest BCUT2D eigenvalue weighted by atomic mass is 10.2. The van der Waals surface area contributed by atoms with Crippen LogP contribution in [0.2, 0.25) is 0 Å². The van der Waals surface area contributed by atoms with Crippen molar-refractivity contribution in [2.75, 3.05) is 13.2 Å². The maximum atomic E-state index is 12.7. The fraction of sp³-hybridized carbons (Fsp3) is 0.121. The molecule has 0 spiro atoms. The molecule has 0 saturated carbocycles. The molecule has 4 rings (SSSR count). The number of carbonyl (C=O) groups is 4. The average Bonchev–Trinajstić information content (AvgIpc) is 3.04. The molecule has 2 N–H and O–H groups in total. The topological polar surface area (TPSA) is 132 Å². The van der Waals surface area contributed by atoms with Gasteiger partial charge < -0.3 is 19.5 Å². The van der Waals surface area contributed by atoms with Crippen molar-refractivity contribution in [3.8, 4) is 17.2 Å². The largest absolute Gasteiger partial charge is 0.494 e. The normalized spacial score (nSPS) is 10.5. The van der Waals surface area contributed by atoms with Gasteiger partial charge in [0, 0.05) is 17.2 Å². The third-order valence-electron chi connectivity index (χ3n) is 5.81. The van der Waals surface area contributed by atoms with Crippen molar-refractivity contribution < 1.29 is 33.4 Å². The Bertz CT molecular complexity index is 1590. The highest BCUT2D eigenvalue weighted by Crippen LogP contribution is 2.26.